The number of urea groups is 1. The van der Waals surface area contributed by atoms with E-state index < -0.39 is 11.6 Å². The number of carbonyl (C=O) groups is 2. The Balaban J connectivity index is 1.42. The maximum absolute atomic E-state index is 13.2. The normalized spacial score (nSPS) is 16.2. The van der Waals surface area contributed by atoms with Crippen LogP contribution in [0.4, 0.5) is 19.3 Å². The zero-order chi connectivity index (χ0) is 21.5. The molecule has 0 bridgehead atoms. The summed E-state index contributed by atoms with van der Waals surface area (Å²) in [5.41, 5.74) is 2.28. The summed E-state index contributed by atoms with van der Waals surface area (Å²) in [5, 5.41) is 5.62. The van der Waals surface area contributed by atoms with Gasteiger partial charge in [0.2, 0.25) is 5.91 Å². The van der Waals surface area contributed by atoms with Crippen molar-refractivity contribution >= 4 is 17.6 Å². The second-order valence-corrected chi connectivity index (χ2v) is 7.84. The van der Waals surface area contributed by atoms with Crippen molar-refractivity contribution in [2.75, 3.05) is 18.4 Å². The summed E-state index contributed by atoms with van der Waals surface area (Å²) in [6.45, 7) is 3.39. The molecule has 1 saturated heterocycles. The second kappa shape index (κ2) is 10.2. The van der Waals surface area contributed by atoms with Crippen LogP contribution in [-0.2, 0) is 11.3 Å². The van der Waals surface area contributed by atoms with Gasteiger partial charge in [-0.1, -0.05) is 17.7 Å². The minimum Gasteiger partial charge on any atom is -0.352 e. The number of halogens is 2. The fourth-order valence-electron chi connectivity index (χ4n) is 3.66. The van der Waals surface area contributed by atoms with Gasteiger partial charge in [0.25, 0.3) is 0 Å². The number of hydrogen-bond acceptors (Lipinski definition) is 2. The molecule has 160 valence electrons. The highest BCUT2D eigenvalue weighted by Gasteiger charge is 2.24. The molecule has 0 radical (unpaired) electrons. The van der Waals surface area contributed by atoms with Gasteiger partial charge < -0.3 is 15.5 Å². The number of nitrogens with one attached hydrogen (secondary N) is 2. The number of benzene rings is 2. The van der Waals surface area contributed by atoms with Crippen LogP contribution < -0.4 is 10.6 Å². The monoisotopic (exact) mass is 415 g/mol. The van der Waals surface area contributed by atoms with Gasteiger partial charge in [-0.25, -0.2) is 13.6 Å². The third-order valence-corrected chi connectivity index (χ3v) is 5.30. The quantitative estimate of drug-likeness (QED) is 0.724. The molecule has 2 aromatic rings. The molecule has 3 amide bonds. The van der Waals surface area contributed by atoms with Gasteiger partial charge in [0.1, 0.15) is 11.6 Å². The predicted molar refractivity (Wildman–Crippen MR) is 112 cm³/mol. The molecule has 30 heavy (non-hydrogen) atoms. The Morgan fingerprint density at radius 2 is 1.80 bits per heavy atom. The minimum absolute atomic E-state index is 0.0866. The van der Waals surface area contributed by atoms with Gasteiger partial charge in [-0.3, -0.25) is 4.79 Å². The number of amides is 3. The smallest absolute Gasteiger partial charge is 0.321 e. The first-order valence-electron chi connectivity index (χ1n) is 10.2. The fourth-order valence-corrected chi connectivity index (χ4v) is 3.66. The first-order valence-corrected chi connectivity index (χ1v) is 10.2. The van der Waals surface area contributed by atoms with Crippen LogP contribution in [0.15, 0.2) is 42.5 Å². The van der Waals surface area contributed by atoms with Crippen molar-refractivity contribution in [2.45, 2.75) is 39.2 Å². The molecular weight excluding hydrogens is 388 g/mol. The van der Waals surface area contributed by atoms with E-state index in [1.807, 2.05) is 31.2 Å². The van der Waals surface area contributed by atoms with Gasteiger partial charge in [0, 0.05) is 37.8 Å². The molecule has 5 nitrogen and oxygen atoms in total. The Bertz CT molecular complexity index is 866. The van der Waals surface area contributed by atoms with E-state index >= 15 is 0 Å². The van der Waals surface area contributed by atoms with Gasteiger partial charge >= 0.3 is 6.03 Å². The van der Waals surface area contributed by atoms with E-state index in [1.165, 1.54) is 12.1 Å². The predicted octanol–water partition coefficient (Wildman–Crippen LogP) is 4.61. The van der Waals surface area contributed by atoms with Gasteiger partial charge in [0.15, 0.2) is 0 Å². The van der Waals surface area contributed by atoms with Crippen LogP contribution in [0.1, 0.15) is 36.8 Å². The lowest BCUT2D eigenvalue weighted by Gasteiger charge is -2.32. The molecule has 1 unspecified atom stereocenters. The maximum atomic E-state index is 13.2. The molecule has 0 spiro atoms. The summed E-state index contributed by atoms with van der Waals surface area (Å²) in [4.78, 5) is 26.4. The van der Waals surface area contributed by atoms with E-state index in [4.69, 9.17) is 0 Å². The number of anilines is 1. The lowest BCUT2D eigenvalue weighted by Crippen LogP contribution is -2.42. The molecule has 7 heteroatoms. The molecular formula is C23H27F2N3O2. The van der Waals surface area contributed by atoms with Crippen LogP contribution in [0.3, 0.4) is 0 Å². The first kappa shape index (κ1) is 21.7. The van der Waals surface area contributed by atoms with Crippen LogP contribution in [0.2, 0.25) is 0 Å². The summed E-state index contributed by atoms with van der Waals surface area (Å²) in [6, 6.07) is 10.7. The van der Waals surface area contributed by atoms with E-state index in [-0.39, 0.29) is 24.4 Å². The number of nitrogens with zero attached hydrogens (tertiary/aromatic N) is 1. The number of piperidine rings is 1. The lowest BCUT2D eigenvalue weighted by molar-refractivity contribution is -0.121. The van der Waals surface area contributed by atoms with Crippen LogP contribution in [0, 0.1) is 24.5 Å². The fraction of sp³-hybridized carbons (Fsp3) is 0.391. The zero-order valence-electron chi connectivity index (χ0n) is 17.1. The van der Waals surface area contributed by atoms with Crippen molar-refractivity contribution in [1.82, 2.24) is 10.2 Å². The van der Waals surface area contributed by atoms with Crippen molar-refractivity contribution in [3.8, 4) is 0 Å². The van der Waals surface area contributed by atoms with E-state index in [1.54, 1.807) is 4.90 Å². The standard InChI is InChI=1S/C23H27F2N3O2/c1-16-4-7-21(8-5-16)27-23(30)28-10-2-3-17(15-28)6-9-22(29)26-14-18-11-19(24)13-20(25)12-18/h4-5,7-8,11-13,17H,2-3,6,9-10,14-15H2,1H3,(H,26,29)(H,27,30). The van der Waals surface area contributed by atoms with Crippen molar-refractivity contribution in [3.63, 3.8) is 0 Å². The highest BCUT2D eigenvalue weighted by Crippen LogP contribution is 2.22. The average molecular weight is 415 g/mol. The van der Waals surface area contributed by atoms with Gasteiger partial charge in [-0.05, 0) is 61.9 Å². The zero-order valence-corrected chi connectivity index (χ0v) is 17.1. The molecule has 0 saturated carbocycles. The Kier molecular flexibility index (Phi) is 7.38. The largest absolute Gasteiger partial charge is 0.352 e. The number of aryl methyl sites for hydroxylation is 1. The van der Waals surface area contributed by atoms with Gasteiger partial charge in [0.05, 0.1) is 0 Å². The van der Waals surface area contributed by atoms with Crippen LogP contribution in [-0.4, -0.2) is 29.9 Å². The maximum Gasteiger partial charge on any atom is 0.321 e. The Morgan fingerprint density at radius 1 is 1.10 bits per heavy atom. The molecule has 1 aliphatic rings. The average Bonchev–Trinajstić information content (AvgIpc) is 2.72. The number of hydrogen-bond donors (Lipinski definition) is 2. The van der Waals surface area contributed by atoms with Crippen LogP contribution >= 0.6 is 0 Å². The summed E-state index contributed by atoms with van der Waals surface area (Å²) in [6.07, 6.45) is 2.85. The molecule has 1 atom stereocenters. The summed E-state index contributed by atoms with van der Waals surface area (Å²) < 4.78 is 26.4. The summed E-state index contributed by atoms with van der Waals surface area (Å²) in [7, 11) is 0. The molecule has 1 heterocycles. The van der Waals surface area contributed by atoms with Crippen molar-refractivity contribution in [1.29, 1.82) is 0 Å². The number of carbonyl (C=O) groups excluding carboxylic acids is 2. The third kappa shape index (κ3) is 6.54. The lowest BCUT2D eigenvalue weighted by atomic mass is 9.93. The summed E-state index contributed by atoms with van der Waals surface area (Å²) >= 11 is 0. The van der Waals surface area contributed by atoms with Gasteiger partial charge in [-0.15, -0.1) is 0 Å². The minimum atomic E-state index is -0.662. The van der Waals surface area contributed by atoms with Crippen molar-refractivity contribution in [2.24, 2.45) is 5.92 Å². The third-order valence-electron chi connectivity index (χ3n) is 5.30. The van der Waals surface area contributed by atoms with E-state index in [2.05, 4.69) is 10.6 Å². The topological polar surface area (TPSA) is 61.4 Å². The van der Waals surface area contributed by atoms with Crippen molar-refractivity contribution in [3.05, 3.63) is 65.2 Å². The molecule has 3 rings (SSSR count). The molecule has 2 N–H and O–H groups in total. The Hall–Kier alpha value is -2.96. The Morgan fingerprint density at radius 3 is 2.50 bits per heavy atom. The molecule has 0 aromatic heterocycles. The summed E-state index contributed by atoms with van der Waals surface area (Å²) in [5.74, 6) is -1.24. The van der Waals surface area contributed by atoms with Crippen LogP contribution in [0.5, 0.6) is 0 Å². The Labute approximate surface area is 175 Å². The molecule has 2 aromatic carbocycles. The highest BCUT2D eigenvalue weighted by atomic mass is 19.1. The van der Waals surface area contributed by atoms with Crippen LogP contribution in [0.25, 0.3) is 0 Å². The van der Waals surface area contributed by atoms with E-state index in [0.29, 0.717) is 31.5 Å². The highest BCUT2D eigenvalue weighted by molar-refractivity contribution is 5.89. The van der Waals surface area contributed by atoms with E-state index in [0.717, 1.165) is 30.2 Å². The second-order valence-electron chi connectivity index (χ2n) is 7.84. The van der Waals surface area contributed by atoms with Crippen molar-refractivity contribution < 1.29 is 18.4 Å². The van der Waals surface area contributed by atoms with Gasteiger partial charge in [-0.2, -0.15) is 0 Å². The molecule has 1 aliphatic heterocycles. The molecule has 0 aliphatic carbocycles. The first-order chi connectivity index (χ1) is 14.4. The number of rotatable bonds is 6. The van der Waals surface area contributed by atoms with E-state index in [9.17, 15) is 18.4 Å². The number of likely N-dealkylation sites (tertiary alicyclic amines) is 1. The molecule has 1 fully saturated rings. The SMILES string of the molecule is Cc1ccc(NC(=O)N2CCCC(CCC(=O)NCc3cc(F)cc(F)c3)C2)cc1.